The first-order chi connectivity index (χ1) is 10.6. The quantitative estimate of drug-likeness (QED) is 0.876. The van der Waals surface area contributed by atoms with Crippen molar-refractivity contribution < 1.29 is 4.79 Å². The maximum absolute atomic E-state index is 12.4. The van der Waals surface area contributed by atoms with Gasteiger partial charge in [0.25, 0.3) is 0 Å². The number of aryl methyl sites for hydroxylation is 1. The molecule has 3 nitrogen and oxygen atoms in total. The molecule has 0 saturated heterocycles. The van der Waals surface area contributed by atoms with Crippen LogP contribution in [-0.4, -0.2) is 11.6 Å². The fourth-order valence-corrected chi connectivity index (χ4v) is 5.53. The van der Waals surface area contributed by atoms with Gasteiger partial charge < -0.3 is 10.6 Å². The lowest BCUT2D eigenvalue weighted by Gasteiger charge is -2.56. The van der Waals surface area contributed by atoms with Crippen molar-refractivity contribution in [2.75, 3.05) is 0 Å². The Bertz CT molecular complexity index is 545. The first kappa shape index (κ1) is 14.1. The number of carbonyl (C=O) groups is 1. The van der Waals surface area contributed by atoms with Gasteiger partial charge in [0.2, 0.25) is 0 Å². The van der Waals surface area contributed by atoms with Crippen LogP contribution in [0.3, 0.4) is 0 Å². The van der Waals surface area contributed by atoms with Gasteiger partial charge in [-0.05, 0) is 74.3 Å². The van der Waals surface area contributed by atoms with E-state index < -0.39 is 0 Å². The van der Waals surface area contributed by atoms with E-state index in [0.717, 1.165) is 17.8 Å². The van der Waals surface area contributed by atoms with E-state index in [2.05, 4.69) is 29.7 Å². The molecule has 2 amide bonds. The summed E-state index contributed by atoms with van der Waals surface area (Å²) in [6.07, 6.45) is 7.84. The Morgan fingerprint density at radius 3 is 2.27 bits per heavy atom. The average molecular weight is 298 g/mol. The van der Waals surface area contributed by atoms with Crippen molar-refractivity contribution in [3.05, 3.63) is 35.4 Å². The fourth-order valence-electron chi connectivity index (χ4n) is 5.53. The number of carbonyl (C=O) groups excluding carboxylic acids is 1. The van der Waals surface area contributed by atoms with Crippen LogP contribution in [0.15, 0.2) is 24.3 Å². The van der Waals surface area contributed by atoms with Gasteiger partial charge in [-0.2, -0.15) is 0 Å². The van der Waals surface area contributed by atoms with Crippen LogP contribution < -0.4 is 10.6 Å². The monoisotopic (exact) mass is 298 g/mol. The smallest absolute Gasteiger partial charge is 0.315 e. The molecule has 0 heterocycles. The van der Waals surface area contributed by atoms with E-state index in [1.54, 1.807) is 0 Å². The number of hydrogen-bond acceptors (Lipinski definition) is 1. The summed E-state index contributed by atoms with van der Waals surface area (Å²) in [6.45, 7) is 2.71. The zero-order chi connectivity index (χ0) is 15.2. The molecule has 0 aromatic heterocycles. The van der Waals surface area contributed by atoms with Gasteiger partial charge in [0.1, 0.15) is 0 Å². The van der Waals surface area contributed by atoms with Crippen LogP contribution >= 0.6 is 0 Å². The van der Waals surface area contributed by atoms with Gasteiger partial charge in [-0.25, -0.2) is 4.79 Å². The molecule has 0 aliphatic heterocycles. The Kier molecular flexibility index (Phi) is 3.39. The van der Waals surface area contributed by atoms with Crippen molar-refractivity contribution in [2.45, 2.75) is 57.5 Å². The fraction of sp³-hybridized carbons (Fsp3) is 0.632. The number of hydrogen-bond donors (Lipinski definition) is 2. The van der Waals surface area contributed by atoms with Crippen LogP contribution in [0.1, 0.15) is 49.7 Å². The van der Waals surface area contributed by atoms with E-state index in [1.165, 1.54) is 49.7 Å². The largest absolute Gasteiger partial charge is 0.334 e. The normalized spacial score (nSPS) is 35.4. The molecular weight excluding hydrogens is 272 g/mol. The van der Waals surface area contributed by atoms with Crippen LogP contribution in [0.2, 0.25) is 0 Å². The van der Waals surface area contributed by atoms with Crippen molar-refractivity contribution in [1.29, 1.82) is 0 Å². The maximum Gasteiger partial charge on any atom is 0.315 e. The SMILES string of the molecule is Cc1ccccc1CNC(=O)NC12CC3CC(CC(C3)C1)C2. The number of benzene rings is 1. The molecule has 5 rings (SSSR count). The van der Waals surface area contributed by atoms with Gasteiger partial charge in [0, 0.05) is 12.1 Å². The summed E-state index contributed by atoms with van der Waals surface area (Å²) >= 11 is 0. The van der Waals surface area contributed by atoms with Crippen LogP contribution in [0, 0.1) is 24.7 Å². The van der Waals surface area contributed by atoms with Crippen molar-refractivity contribution in [1.82, 2.24) is 10.6 Å². The van der Waals surface area contributed by atoms with Crippen molar-refractivity contribution in [2.24, 2.45) is 17.8 Å². The Morgan fingerprint density at radius 1 is 1.09 bits per heavy atom. The highest BCUT2D eigenvalue weighted by atomic mass is 16.2. The highest BCUT2D eigenvalue weighted by molar-refractivity contribution is 5.75. The Morgan fingerprint density at radius 2 is 1.68 bits per heavy atom. The molecule has 4 aliphatic rings. The molecule has 2 N–H and O–H groups in total. The van der Waals surface area contributed by atoms with Crippen LogP contribution in [0.5, 0.6) is 0 Å². The molecule has 0 unspecified atom stereocenters. The minimum absolute atomic E-state index is 0.0187. The predicted molar refractivity (Wildman–Crippen MR) is 87.5 cm³/mol. The van der Waals surface area contributed by atoms with E-state index in [0.29, 0.717) is 6.54 Å². The summed E-state index contributed by atoms with van der Waals surface area (Å²) in [7, 11) is 0. The summed E-state index contributed by atoms with van der Waals surface area (Å²) in [6, 6.07) is 8.26. The second kappa shape index (κ2) is 5.29. The summed E-state index contributed by atoms with van der Waals surface area (Å²) in [5.41, 5.74) is 2.53. The zero-order valence-corrected chi connectivity index (χ0v) is 13.4. The van der Waals surface area contributed by atoms with E-state index in [9.17, 15) is 4.79 Å². The molecule has 1 aromatic rings. The number of amides is 2. The molecule has 118 valence electrons. The lowest BCUT2D eigenvalue weighted by atomic mass is 9.53. The van der Waals surface area contributed by atoms with Gasteiger partial charge in [0.05, 0.1) is 0 Å². The summed E-state index contributed by atoms with van der Waals surface area (Å²) < 4.78 is 0. The molecule has 4 aliphatic carbocycles. The van der Waals surface area contributed by atoms with Gasteiger partial charge in [-0.15, -0.1) is 0 Å². The van der Waals surface area contributed by atoms with Gasteiger partial charge in [-0.3, -0.25) is 0 Å². The van der Waals surface area contributed by atoms with Crippen molar-refractivity contribution in [3.63, 3.8) is 0 Å². The molecular formula is C19H26N2O. The third-order valence-corrected chi connectivity index (χ3v) is 6.12. The number of nitrogens with one attached hydrogen (secondary N) is 2. The summed E-state index contributed by atoms with van der Waals surface area (Å²) in [4.78, 5) is 12.4. The van der Waals surface area contributed by atoms with Crippen molar-refractivity contribution in [3.8, 4) is 0 Å². The molecule has 0 spiro atoms. The second-order valence-corrected chi connectivity index (χ2v) is 7.93. The topological polar surface area (TPSA) is 41.1 Å². The lowest BCUT2D eigenvalue weighted by molar-refractivity contribution is -0.0135. The van der Waals surface area contributed by atoms with Gasteiger partial charge >= 0.3 is 6.03 Å². The highest BCUT2D eigenvalue weighted by Crippen LogP contribution is 2.55. The number of rotatable bonds is 3. The predicted octanol–water partition coefficient (Wildman–Crippen LogP) is 3.76. The minimum atomic E-state index is 0.0187. The standard InChI is InChI=1S/C19H26N2O/c1-13-4-2-3-5-17(13)12-20-18(22)21-19-9-14-6-15(10-19)8-16(7-14)11-19/h2-5,14-16H,6-12H2,1H3,(H2,20,21,22). The molecule has 0 radical (unpaired) electrons. The molecule has 0 atom stereocenters. The van der Waals surface area contributed by atoms with Gasteiger partial charge in [-0.1, -0.05) is 24.3 Å². The molecule has 4 saturated carbocycles. The van der Waals surface area contributed by atoms with Crippen LogP contribution in [0.4, 0.5) is 4.79 Å². The number of urea groups is 1. The molecule has 1 aromatic carbocycles. The molecule has 3 heteroatoms. The Labute approximate surface area is 132 Å². The van der Waals surface area contributed by atoms with Crippen molar-refractivity contribution >= 4 is 6.03 Å². The highest BCUT2D eigenvalue weighted by Gasteiger charge is 2.51. The zero-order valence-electron chi connectivity index (χ0n) is 13.4. The molecule has 4 bridgehead atoms. The van der Waals surface area contributed by atoms with E-state index in [4.69, 9.17) is 0 Å². The lowest BCUT2D eigenvalue weighted by Crippen LogP contribution is -2.61. The Balaban J connectivity index is 1.37. The average Bonchev–Trinajstić information content (AvgIpc) is 2.44. The summed E-state index contributed by atoms with van der Waals surface area (Å²) in [5.74, 6) is 2.59. The third-order valence-electron chi connectivity index (χ3n) is 6.12. The molecule has 22 heavy (non-hydrogen) atoms. The maximum atomic E-state index is 12.4. The van der Waals surface area contributed by atoms with Crippen LogP contribution in [-0.2, 0) is 6.54 Å². The second-order valence-electron chi connectivity index (χ2n) is 7.93. The van der Waals surface area contributed by atoms with Crippen LogP contribution in [0.25, 0.3) is 0 Å². The molecule has 4 fully saturated rings. The Hall–Kier alpha value is -1.51. The summed E-state index contributed by atoms with van der Waals surface area (Å²) in [5, 5.41) is 6.43. The minimum Gasteiger partial charge on any atom is -0.334 e. The van der Waals surface area contributed by atoms with E-state index in [1.807, 2.05) is 12.1 Å². The first-order valence-corrected chi connectivity index (χ1v) is 8.72. The third kappa shape index (κ3) is 2.62. The van der Waals surface area contributed by atoms with E-state index >= 15 is 0 Å². The van der Waals surface area contributed by atoms with E-state index in [-0.39, 0.29) is 11.6 Å². The first-order valence-electron chi connectivity index (χ1n) is 8.72. The van der Waals surface area contributed by atoms with Gasteiger partial charge in [0.15, 0.2) is 0 Å².